The fraction of sp³-hybridized carbons (Fsp3) is 0.261. The van der Waals surface area contributed by atoms with E-state index < -0.39 is 17.7 Å². The molecule has 1 aromatic carbocycles. The van der Waals surface area contributed by atoms with Crippen LogP contribution in [0.5, 0.6) is 0 Å². The monoisotopic (exact) mass is 439 g/mol. The van der Waals surface area contributed by atoms with Gasteiger partial charge >= 0.3 is 5.97 Å². The number of fused-ring (bicyclic) bond motifs is 1. The van der Waals surface area contributed by atoms with E-state index in [1.165, 1.54) is 24.4 Å². The van der Waals surface area contributed by atoms with E-state index in [9.17, 15) is 19.1 Å². The first kappa shape index (κ1) is 21.0. The molecule has 0 radical (unpaired) electrons. The lowest BCUT2D eigenvalue weighted by atomic mass is 9.95. The molecule has 1 aliphatic carbocycles. The molecule has 1 amide bonds. The second-order valence-electron chi connectivity index (χ2n) is 7.57. The van der Waals surface area contributed by atoms with Crippen LogP contribution in [-0.2, 0) is 12.8 Å². The van der Waals surface area contributed by atoms with Crippen molar-refractivity contribution in [3.05, 3.63) is 74.7 Å². The molecule has 160 valence electrons. The number of carbonyl (C=O) groups is 2. The van der Waals surface area contributed by atoms with Gasteiger partial charge in [-0.15, -0.1) is 11.3 Å². The summed E-state index contributed by atoms with van der Waals surface area (Å²) in [5, 5.41) is 14.6. The fourth-order valence-corrected chi connectivity index (χ4v) is 5.51. The number of carbonyl (C=O) groups excluding carboxylic acids is 1. The number of rotatable bonds is 5. The summed E-state index contributed by atoms with van der Waals surface area (Å²) in [5.41, 5.74) is 6.42. The number of nitrogens with zero attached hydrogens (tertiary/aromatic N) is 2. The Morgan fingerprint density at radius 3 is 2.74 bits per heavy atom. The van der Waals surface area contributed by atoms with E-state index in [1.807, 2.05) is 24.5 Å². The topological polar surface area (TPSA) is 83.7 Å². The molecule has 0 bridgehead atoms. The summed E-state index contributed by atoms with van der Waals surface area (Å²) in [7, 11) is 0. The smallest absolute Gasteiger partial charge is 0.339 e. The number of hydrazone groups is 1. The van der Waals surface area contributed by atoms with Crippen LogP contribution in [0.3, 0.4) is 0 Å². The standard InChI is InChI=1S/C23H22FN3O3S/c1-13-10-16(12-25-26-21(28)15-6-5-7-17(24)11-15)14(2)27(13)22-20(23(29)30)18-8-3-4-9-19(18)31-22/h5-7,10-12H,3-4,8-9H2,1-2H3,(H,26,28)(H,29,30). The molecule has 31 heavy (non-hydrogen) atoms. The van der Waals surface area contributed by atoms with Gasteiger partial charge in [0.2, 0.25) is 0 Å². The second kappa shape index (κ2) is 8.47. The Bertz CT molecular complexity index is 1210. The van der Waals surface area contributed by atoms with E-state index >= 15 is 0 Å². The van der Waals surface area contributed by atoms with Crippen LogP contribution in [0.25, 0.3) is 5.00 Å². The Balaban J connectivity index is 1.63. The number of aromatic nitrogens is 1. The summed E-state index contributed by atoms with van der Waals surface area (Å²) < 4.78 is 15.2. The van der Waals surface area contributed by atoms with Gasteiger partial charge in [-0.2, -0.15) is 5.10 Å². The third kappa shape index (κ3) is 4.03. The van der Waals surface area contributed by atoms with E-state index in [0.717, 1.165) is 64.1 Å². The molecule has 0 aliphatic heterocycles. The number of hydrogen-bond acceptors (Lipinski definition) is 4. The average Bonchev–Trinajstić information content (AvgIpc) is 3.24. The summed E-state index contributed by atoms with van der Waals surface area (Å²) in [6, 6.07) is 7.27. The first-order valence-electron chi connectivity index (χ1n) is 10.0. The zero-order valence-electron chi connectivity index (χ0n) is 17.2. The predicted molar refractivity (Wildman–Crippen MR) is 118 cm³/mol. The van der Waals surface area contributed by atoms with Gasteiger partial charge in [-0.05, 0) is 69.4 Å². The molecule has 8 heteroatoms. The minimum absolute atomic E-state index is 0.179. The minimum atomic E-state index is -0.903. The van der Waals surface area contributed by atoms with Crippen LogP contribution in [0.1, 0.15) is 60.9 Å². The van der Waals surface area contributed by atoms with Crippen molar-refractivity contribution >= 4 is 29.4 Å². The summed E-state index contributed by atoms with van der Waals surface area (Å²) in [4.78, 5) is 25.3. The Labute approximate surface area is 183 Å². The maximum atomic E-state index is 13.3. The van der Waals surface area contributed by atoms with E-state index in [4.69, 9.17) is 0 Å². The van der Waals surface area contributed by atoms with Gasteiger partial charge in [-0.1, -0.05) is 6.07 Å². The highest BCUT2D eigenvalue weighted by Crippen LogP contribution is 2.38. The quantitative estimate of drug-likeness (QED) is 0.449. The molecule has 0 spiro atoms. The molecule has 2 heterocycles. The van der Waals surface area contributed by atoms with Crippen LogP contribution < -0.4 is 5.43 Å². The van der Waals surface area contributed by atoms with Crippen molar-refractivity contribution in [2.45, 2.75) is 39.5 Å². The van der Waals surface area contributed by atoms with Gasteiger partial charge in [0.15, 0.2) is 0 Å². The van der Waals surface area contributed by atoms with Crippen LogP contribution in [0.4, 0.5) is 4.39 Å². The van der Waals surface area contributed by atoms with Crippen molar-refractivity contribution < 1.29 is 19.1 Å². The predicted octanol–water partition coefficient (Wildman–Crippen LogP) is 4.64. The largest absolute Gasteiger partial charge is 0.478 e. The molecule has 2 aromatic heterocycles. The number of aromatic carboxylic acids is 1. The highest BCUT2D eigenvalue weighted by molar-refractivity contribution is 7.15. The number of halogens is 1. The minimum Gasteiger partial charge on any atom is -0.478 e. The van der Waals surface area contributed by atoms with Crippen molar-refractivity contribution in [2.24, 2.45) is 5.10 Å². The second-order valence-corrected chi connectivity index (χ2v) is 8.65. The summed E-state index contributed by atoms with van der Waals surface area (Å²) in [6.45, 7) is 3.81. The van der Waals surface area contributed by atoms with Crippen LogP contribution in [-0.4, -0.2) is 27.8 Å². The zero-order chi connectivity index (χ0) is 22.1. The molecule has 0 saturated heterocycles. The molecular formula is C23H22FN3O3S. The van der Waals surface area contributed by atoms with Crippen molar-refractivity contribution in [3.63, 3.8) is 0 Å². The van der Waals surface area contributed by atoms with E-state index in [1.54, 1.807) is 11.3 Å². The third-order valence-corrected chi connectivity index (χ3v) is 6.77. The van der Waals surface area contributed by atoms with Crippen molar-refractivity contribution in [2.75, 3.05) is 0 Å². The lowest BCUT2D eigenvalue weighted by Crippen LogP contribution is -2.17. The number of amides is 1. The van der Waals surface area contributed by atoms with Crippen LogP contribution in [0.15, 0.2) is 35.4 Å². The van der Waals surface area contributed by atoms with Crippen LogP contribution in [0, 0.1) is 19.7 Å². The molecule has 1 aliphatic rings. The Kier molecular flexibility index (Phi) is 5.73. The summed E-state index contributed by atoms with van der Waals surface area (Å²) in [6.07, 6.45) is 5.33. The maximum Gasteiger partial charge on any atom is 0.339 e. The van der Waals surface area contributed by atoms with E-state index in [-0.39, 0.29) is 5.56 Å². The number of nitrogens with one attached hydrogen (secondary N) is 1. The summed E-state index contributed by atoms with van der Waals surface area (Å²) in [5.74, 6) is -1.91. The average molecular weight is 440 g/mol. The highest BCUT2D eigenvalue weighted by Gasteiger charge is 2.27. The molecule has 4 rings (SSSR count). The summed E-state index contributed by atoms with van der Waals surface area (Å²) >= 11 is 1.54. The normalized spacial score (nSPS) is 13.4. The number of aryl methyl sites for hydroxylation is 2. The first-order chi connectivity index (χ1) is 14.9. The number of hydrogen-bond donors (Lipinski definition) is 2. The van der Waals surface area contributed by atoms with Gasteiger partial charge in [0.1, 0.15) is 10.8 Å². The number of benzene rings is 1. The Morgan fingerprint density at radius 1 is 1.23 bits per heavy atom. The van der Waals surface area contributed by atoms with Crippen molar-refractivity contribution in [1.29, 1.82) is 0 Å². The molecule has 2 N–H and O–H groups in total. The molecule has 0 saturated carbocycles. The van der Waals surface area contributed by atoms with E-state index in [2.05, 4.69) is 10.5 Å². The van der Waals surface area contributed by atoms with Crippen molar-refractivity contribution in [3.8, 4) is 5.00 Å². The Hall–Kier alpha value is -3.26. The highest BCUT2D eigenvalue weighted by atomic mass is 32.1. The SMILES string of the molecule is Cc1cc(C=NNC(=O)c2cccc(F)c2)c(C)n1-c1sc2c(c1C(=O)O)CCCC2. The van der Waals surface area contributed by atoms with Gasteiger partial charge in [0.05, 0.1) is 11.8 Å². The van der Waals surface area contributed by atoms with Gasteiger partial charge < -0.3 is 9.67 Å². The van der Waals surface area contributed by atoms with Crippen LogP contribution >= 0.6 is 11.3 Å². The third-order valence-electron chi connectivity index (χ3n) is 5.50. The molecule has 0 fully saturated rings. The molecular weight excluding hydrogens is 417 g/mol. The number of carboxylic acid groups (broad SMARTS) is 1. The van der Waals surface area contributed by atoms with Gasteiger partial charge in [0, 0.05) is 27.4 Å². The molecule has 3 aromatic rings. The van der Waals surface area contributed by atoms with Gasteiger partial charge in [0.25, 0.3) is 5.91 Å². The molecule has 0 atom stereocenters. The zero-order valence-corrected chi connectivity index (χ0v) is 18.1. The van der Waals surface area contributed by atoms with E-state index in [0.29, 0.717) is 5.56 Å². The van der Waals surface area contributed by atoms with Crippen molar-refractivity contribution in [1.82, 2.24) is 9.99 Å². The van der Waals surface area contributed by atoms with Gasteiger partial charge in [-0.25, -0.2) is 14.6 Å². The lowest BCUT2D eigenvalue weighted by Gasteiger charge is -2.11. The maximum absolute atomic E-state index is 13.3. The molecule has 0 unspecified atom stereocenters. The Morgan fingerprint density at radius 2 is 2.00 bits per heavy atom. The lowest BCUT2D eigenvalue weighted by molar-refractivity contribution is 0.0695. The molecule has 6 nitrogen and oxygen atoms in total. The van der Waals surface area contributed by atoms with Crippen LogP contribution in [0.2, 0.25) is 0 Å². The number of carboxylic acids is 1. The number of thiophene rings is 1. The van der Waals surface area contributed by atoms with Gasteiger partial charge in [-0.3, -0.25) is 4.79 Å². The fourth-order valence-electron chi connectivity index (χ4n) is 4.02. The first-order valence-corrected chi connectivity index (χ1v) is 10.8.